The van der Waals surface area contributed by atoms with Crippen LogP contribution in [0.3, 0.4) is 0 Å². The van der Waals surface area contributed by atoms with Gasteiger partial charge in [-0.25, -0.2) is 0 Å². The van der Waals surface area contributed by atoms with Crippen molar-refractivity contribution in [1.29, 1.82) is 0 Å². The maximum atomic E-state index is 11.2. The van der Waals surface area contributed by atoms with Gasteiger partial charge in [0.05, 0.1) is 18.2 Å². The summed E-state index contributed by atoms with van der Waals surface area (Å²) < 4.78 is 6.43. The summed E-state index contributed by atoms with van der Waals surface area (Å²) in [6.45, 7) is 0.996. The van der Waals surface area contributed by atoms with Crippen LogP contribution in [-0.2, 0) is 9.53 Å². The zero-order valence-corrected chi connectivity index (χ0v) is 13.1. The van der Waals surface area contributed by atoms with Crippen LogP contribution in [0.25, 0.3) is 0 Å². The lowest BCUT2D eigenvalue weighted by atomic mass is 9.83. The molecular weight excluding hydrogens is 266 g/mol. The Labute approximate surface area is 127 Å². The van der Waals surface area contributed by atoms with Gasteiger partial charge in [0.15, 0.2) is 0 Å². The molecule has 1 unspecified atom stereocenters. The van der Waals surface area contributed by atoms with E-state index in [1.54, 1.807) is 0 Å². The van der Waals surface area contributed by atoms with Gasteiger partial charge in [0.25, 0.3) is 0 Å². The molecule has 0 aromatic rings. The lowest BCUT2D eigenvalue weighted by molar-refractivity contribution is -0.139. The van der Waals surface area contributed by atoms with Crippen LogP contribution in [0.15, 0.2) is 0 Å². The Kier molecular flexibility index (Phi) is 4.85. The van der Waals surface area contributed by atoms with Gasteiger partial charge in [-0.15, -0.1) is 0 Å². The van der Waals surface area contributed by atoms with Crippen molar-refractivity contribution in [3.63, 3.8) is 0 Å². The third-order valence-corrected chi connectivity index (χ3v) is 5.72. The van der Waals surface area contributed by atoms with Crippen LogP contribution in [0.2, 0.25) is 0 Å². The number of carboxylic acids is 1. The minimum atomic E-state index is -0.702. The van der Waals surface area contributed by atoms with E-state index in [-0.39, 0.29) is 18.2 Å². The Balaban J connectivity index is 1.56. The smallest absolute Gasteiger partial charge is 0.317 e. The summed E-state index contributed by atoms with van der Waals surface area (Å²) in [5.74, 6) is -0.702. The van der Waals surface area contributed by atoms with Crippen molar-refractivity contribution < 1.29 is 14.6 Å². The van der Waals surface area contributed by atoms with Gasteiger partial charge >= 0.3 is 5.97 Å². The molecule has 1 saturated heterocycles. The summed E-state index contributed by atoms with van der Waals surface area (Å²) in [5.41, 5.74) is 0.146. The second-order valence-electron chi connectivity index (χ2n) is 7.28. The van der Waals surface area contributed by atoms with Crippen LogP contribution < -0.4 is 0 Å². The zero-order valence-electron chi connectivity index (χ0n) is 13.1. The molecule has 2 aliphatic carbocycles. The van der Waals surface area contributed by atoms with Crippen LogP contribution in [0.5, 0.6) is 0 Å². The molecule has 0 radical (unpaired) electrons. The maximum Gasteiger partial charge on any atom is 0.317 e. The van der Waals surface area contributed by atoms with E-state index in [9.17, 15) is 9.90 Å². The number of hydrogen-bond donors (Lipinski definition) is 1. The van der Waals surface area contributed by atoms with Gasteiger partial charge in [0.2, 0.25) is 0 Å². The monoisotopic (exact) mass is 295 g/mol. The van der Waals surface area contributed by atoms with Crippen molar-refractivity contribution in [1.82, 2.24) is 4.90 Å². The quantitative estimate of drug-likeness (QED) is 0.846. The Hall–Kier alpha value is -0.610. The third kappa shape index (κ3) is 3.78. The number of nitrogens with zero attached hydrogens (tertiary/aromatic N) is 1. The molecule has 1 heterocycles. The second-order valence-corrected chi connectivity index (χ2v) is 7.28. The number of carboxylic acid groups (broad SMARTS) is 1. The van der Waals surface area contributed by atoms with Crippen LogP contribution >= 0.6 is 0 Å². The molecule has 1 aliphatic heterocycles. The number of carbonyl (C=O) groups is 1. The highest BCUT2D eigenvalue weighted by Gasteiger charge is 2.41. The molecule has 21 heavy (non-hydrogen) atoms. The molecule has 0 amide bonds. The fourth-order valence-corrected chi connectivity index (χ4v) is 4.64. The van der Waals surface area contributed by atoms with E-state index >= 15 is 0 Å². The summed E-state index contributed by atoms with van der Waals surface area (Å²) in [6.07, 6.45) is 13.7. The highest BCUT2D eigenvalue weighted by atomic mass is 16.5. The molecule has 0 bridgehead atoms. The first kappa shape index (κ1) is 15.3. The van der Waals surface area contributed by atoms with Gasteiger partial charge < -0.3 is 9.84 Å². The Morgan fingerprint density at radius 3 is 2.43 bits per heavy atom. The molecule has 120 valence electrons. The normalized spacial score (nSPS) is 29.5. The summed E-state index contributed by atoms with van der Waals surface area (Å²) in [6, 6.07) is 0.465. The molecule has 1 spiro atoms. The van der Waals surface area contributed by atoms with E-state index in [0.29, 0.717) is 6.04 Å². The van der Waals surface area contributed by atoms with E-state index in [1.165, 1.54) is 51.4 Å². The van der Waals surface area contributed by atoms with Gasteiger partial charge in [-0.1, -0.05) is 32.1 Å². The van der Waals surface area contributed by atoms with Crippen molar-refractivity contribution in [2.75, 3.05) is 13.1 Å². The number of hydrogen-bond acceptors (Lipinski definition) is 3. The van der Waals surface area contributed by atoms with Gasteiger partial charge in [-0.05, 0) is 38.5 Å². The molecule has 1 atom stereocenters. The van der Waals surface area contributed by atoms with E-state index < -0.39 is 5.97 Å². The van der Waals surface area contributed by atoms with Gasteiger partial charge in [0, 0.05) is 12.6 Å². The molecule has 0 aromatic heterocycles. The number of rotatable bonds is 5. The highest BCUT2D eigenvalue weighted by Crippen LogP contribution is 2.42. The fraction of sp³-hybridized carbons (Fsp3) is 0.941. The first-order chi connectivity index (χ1) is 10.2. The van der Waals surface area contributed by atoms with E-state index in [2.05, 4.69) is 4.90 Å². The topological polar surface area (TPSA) is 49.8 Å². The average molecular weight is 295 g/mol. The SMILES string of the molecule is O=C(O)CN(CC1CCC2(CCCCC2)O1)C1CCCC1. The maximum absolute atomic E-state index is 11.2. The molecule has 4 heteroatoms. The first-order valence-electron chi connectivity index (χ1n) is 8.81. The summed E-state index contributed by atoms with van der Waals surface area (Å²) in [5, 5.41) is 9.18. The van der Waals surface area contributed by atoms with Crippen molar-refractivity contribution in [3.8, 4) is 0 Å². The van der Waals surface area contributed by atoms with Crippen molar-refractivity contribution in [2.45, 2.75) is 88.4 Å². The predicted molar refractivity (Wildman–Crippen MR) is 81.4 cm³/mol. The van der Waals surface area contributed by atoms with E-state index in [4.69, 9.17) is 4.74 Å². The van der Waals surface area contributed by atoms with E-state index in [0.717, 1.165) is 25.8 Å². The molecular formula is C17H29NO3. The van der Waals surface area contributed by atoms with Gasteiger partial charge in [0.1, 0.15) is 0 Å². The summed E-state index contributed by atoms with van der Waals surface area (Å²) in [4.78, 5) is 13.3. The molecule has 3 fully saturated rings. The Morgan fingerprint density at radius 2 is 1.76 bits per heavy atom. The van der Waals surface area contributed by atoms with Crippen LogP contribution in [0.1, 0.15) is 70.6 Å². The van der Waals surface area contributed by atoms with Crippen LogP contribution in [0, 0.1) is 0 Å². The predicted octanol–water partition coefficient (Wildman–Crippen LogP) is 3.20. The Bertz CT molecular complexity index is 359. The van der Waals surface area contributed by atoms with Crippen molar-refractivity contribution in [3.05, 3.63) is 0 Å². The highest BCUT2D eigenvalue weighted by molar-refractivity contribution is 5.69. The minimum Gasteiger partial charge on any atom is -0.480 e. The fourth-order valence-electron chi connectivity index (χ4n) is 4.64. The molecule has 1 N–H and O–H groups in total. The largest absolute Gasteiger partial charge is 0.480 e. The number of ether oxygens (including phenoxy) is 1. The summed E-state index contributed by atoms with van der Waals surface area (Å²) in [7, 11) is 0. The molecule has 3 aliphatic rings. The van der Waals surface area contributed by atoms with Gasteiger partial charge in [-0.3, -0.25) is 9.69 Å². The lowest BCUT2D eigenvalue weighted by Gasteiger charge is -2.35. The van der Waals surface area contributed by atoms with Crippen molar-refractivity contribution >= 4 is 5.97 Å². The van der Waals surface area contributed by atoms with Crippen molar-refractivity contribution in [2.24, 2.45) is 0 Å². The second kappa shape index (κ2) is 6.66. The minimum absolute atomic E-state index is 0.146. The first-order valence-corrected chi connectivity index (χ1v) is 8.81. The molecule has 0 aromatic carbocycles. The standard InChI is InChI=1S/C17H29NO3/c19-16(20)13-18(14-6-2-3-7-14)12-15-8-11-17(21-15)9-4-1-5-10-17/h14-15H,1-13H2,(H,19,20). The van der Waals surface area contributed by atoms with Gasteiger partial charge in [-0.2, -0.15) is 0 Å². The number of aliphatic carboxylic acids is 1. The van der Waals surface area contributed by atoms with E-state index in [1.807, 2.05) is 0 Å². The zero-order chi connectivity index (χ0) is 14.7. The summed E-state index contributed by atoms with van der Waals surface area (Å²) >= 11 is 0. The lowest BCUT2D eigenvalue weighted by Crippen LogP contribution is -2.43. The Morgan fingerprint density at radius 1 is 1.05 bits per heavy atom. The molecule has 2 saturated carbocycles. The van der Waals surface area contributed by atoms with Crippen LogP contribution in [-0.4, -0.2) is 46.8 Å². The third-order valence-electron chi connectivity index (χ3n) is 5.72. The average Bonchev–Trinajstić information content (AvgIpc) is 3.09. The molecule has 3 rings (SSSR count). The molecule has 4 nitrogen and oxygen atoms in total. The van der Waals surface area contributed by atoms with Crippen LogP contribution in [0.4, 0.5) is 0 Å².